The van der Waals surface area contributed by atoms with E-state index < -0.39 is 5.60 Å². The number of hydrogen-bond acceptors (Lipinski definition) is 4. The highest BCUT2D eigenvalue weighted by molar-refractivity contribution is 8.02. The quantitative estimate of drug-likeness (QED) is 0.296. The van der Waals surface area contributed by atoms with Gasteiger partial charge in [0.2, 0.25) is 0 Å². The lowest BCUT2D eigenvalue weighted by molar-refractivity contribution is -0.173. The Balaban J connectivity index is 1.43. The number of Topliss-reactive ketones (excluding diaryl/α,β-unsaturated/α-hetero) is 1. The van der Waals surface area contributed by atoms with Crippen LogP contribution in [0, 0.1) is 40.9 Å². The second kappa shape index (κ2) is 12.8. The number of benzene rings is 1. The van der Waals surface area contributed by atoms with Crippen molar-refractivity contribution < 1.29 is 14.6 Å². The third-order valence-corrected chi connectivity index (χ3v) is 11.8. The first-order valence-electron chi connectivity index (χ1n) is 15.1. The summed E-state index contributed by atoms with van der Waals surface area (Å²) in [6.45, 7) is 15.3. The van der Waals surface area contributed by atoms with E-state index in [1.54, 1.807) is 6.08 Å². The molecular weight excluding hydrogens is 500 g/mol. The minimum absolute atomic E-state index is 0.175. The summed E-state index contributed by atoms with van der Waals surface area (Å²) in [5.74, 6) is 5.85. The van der Waals surface area contributed by atoms with Gasteiger partial charge < -0.3 is 9.84 Å². The third-order valence-electron chi connectivity index (χ3n) is 10.6. The standard InChI is InChI=1S/C35H50O3S/c1-7-9-13-30(8-2)39-23-26-11-10-12-29(21-26)38-19-18-35(34(5,6)37)17-16-32-31-15-14-28(36)22-27(31)20-24(3)33(32)25(35)4/h7-13,21,24-25,27,31-33,37H,1,14-20,22-23H2,2-6H3/b13-9-,30-8+. The van der Waals surface area contributed by atoms with Gasteiger partial charge in [-0.3, -0.25) is 4.79 Å². The molecule has 1 aromatic carbocycles. The molecule has 0 saturated heterocycles. The molecule has 214 valence electrons. The Labute approximate surface area is 241 Å². The molecule has 39 heavy (non-hydrogen) atoms. The summed E-state index contributed by atoms with van der Waals surface area (Å²) in [6, 6.07) is 8.44. The molecule has 1 aromatic rings. The Morgan fingerprint density at radius 2 is 2.05 bits per heavy atom. The van der Waals surface area contributed by atoms with Gasteiger partial charge in [0.15, 0.2) is 0 Å². The average Bonchev–Trinajstić information content (AvgIpc) is 2.89. The number of ether oxygens (including phenoxy) is 1. The van der Waals surface area contributed by atoms with Crippen molar-refractivity contribution in [2.24, 2.45) is 40.9 Å². The number of carbonyl (C=O) groups is 1. The number of thioether (sulfide) groups is 1. The first-order chi connectivity index (χ1) is 18.6. The maximum atomic E-state index is 12.2. The lowest BCUT2D eigenvalue weighted by Crippen LogP contribution is -2.58. The predicted molar refractivity (Wildman–Crippen MR) is 165 cm³/mol. The number of fused-ring (bicyclic) bond motifs is 3. The number of ketones is 1. The van der Waals surface area contributed by atoms with Crippen molar-refractivity contribution in [1.82, 2.24) is 0 Å². The smallest absolute Gasteiger partial charge is 0.133 e. The van der Waals surface area contributed by atoms with Crippen LogP contribution >= 0.6 is 11.8 Å². The fourth-order valence-corrected chi connectivity index (χ4v) is 9.57. The van der Waals surface area contributed by atoms with Gasteiger partial charge >= 0.3 is 0 Å². The molecule has 7 atom stereocenters. The van der Waals surface area contributed by atoms with Crippen LogP contribution in [0.2, 0.25) is 0 Å². The number of allylic oxidation sites excluding steroid dienone is 4. The summed E-state index contributed by atoms with van der Waals surface area (Å²) in [5.41, 5.74) is 0.289. The van der Waals surface area contributed by atoms with E-state index in [9.17, 15) is 9.90 Å². The van der Waals surface area contributed by atoms with E-state index in [2.05, 4.69) is 57.7 Å². The van der Waals surface area contributed by atoms with Crippen molar-refractivity contribution in [1.29, 1.82) is 0 Å². The van der Waals surface area contributed by atoms with Gasteiger partial charge in [-0.1, -0.05) is 50.8 Å². The third kappa shape index (κ3) is 6.59. The summed E-state index contributed by atoms with van der Waals surface area (Å²) in [6.07, 6.45) is 14.9. The average molecular weight is 551 g/mol. The SMILES string of the molecule is C=C/C=C\C(=C/C)SCc1cccc(OCCC2(C(C)(C)O)CCC3C4CCC(=O)CC4CC(C)C3C2C)c1. The molecule has 0 aromatic heterocycles. The lowest BCUT2D eigenvalue weighted by Gasteiger charge is -2.61. The van der Waals surface area contributed by atoms with E-state index in [1.165, 1.54) is 23.3 Å². The maximum absolute atomic E-state index is 12.2. The van der Waals surface area contributed by atoms with Gasteiger partial charge in [-0.2, -0.15) is 0 Å². The van der Waals surface area contributed by atoms with Gasteiger partial charge in [0, 0.05) is 28.9 Å². The lowest BCUT2D eigenvalue weighted by atomic mass is 9.44. The van der Waals surface area contributed by atoms with Crippen LogP contribution in [0.25, 0.3) is 0 Å². The van der Waals surface area contributed by atoms with Crippen LogP contribution in [0.15, 0.2) is 60.1 Å². The second-order valence-electron chi connectivity index (χ2n) is 13.0. The van der Waals surface area contributed by atoms with E-state index >= 15 is 0 Å². The summed E-state index contributed by atoms with van der Waals surface area (Å²) in [4.78, 5) is 13.4. The summed E-state index contributed by atoms with van der Waals surface area (Å²) in [5, 5.41) is 11.6. The summed E-state index contributed by atoms with van der Waals surface area (Å²) in [7, 11) is 0. The summed E-state index contributed by atoms with van der Waals surface area (Å²) >= 11 is 1.81. The van der Waals surface area contributed by atoms with E-state index in [4.69, 9.17) is 4.74 Å². The monoisotopic (exact) mass is 550 g/mol. The van der Waals surface area contributed by atoms with Gasteiger partial charge in [-0.25, -0.2) is 0 Å². The van der Waals surface area contributed by atoms with E-state index in [-0.39, 0.29) is 5.41 Å². The van der Waals surface area contributed by atoms with Crippen LogP contribution in [-0.4, -0.2) is 23.1 Å². The Morgan fingerprint density at radius 1 is 1.26 bits per heavy atom. The molecule has 0 aliphatic heterocycles. The first-order valence-corrected chi connectivity index (χ1v) is 16.1. The van der Waals surface area contributed by atoms with Gasteiger partial charge in [-0.05, 0) is 112 Å². The molecule has 3 saturated carbocycles. The Morgan fingerprint density at radius 3 is 2.77 bits per heavy atom. The van der Waals surface area contributed by atoms with Crippen molar-refractivity contribution in [2.75, 3.05) is 6.61 Å². The van der Waals surface area contributed by atoms with Crippen LogP contribution in [0.5, 0.6) is 5.75 Å². The minimum atomic E-state index is -0.778. The highest BCUT2D eigenvalue weighted by Crippen LogP contribution is 2.62. The fourth-order valence-electron chi connectivity index (χ4n) is 8.72. The molecule has 4 heteroatoms. The molecule has 0 bridgehead atoms. The largest absolute Gasteiger partial charge is 0.494 e. The molecule has 1 N–H and O–H groups in total. The molecule has 0 amide bonds. The predicted octanol–water partition coefficient (Wildman–Crippen LogP) is 8.78. The zero-order valence-electron chi connectivity index (χ0n) is 24.8. The normalized spacial score (nSPS) is 33.5. The maximum Gasteiger partial charge on any atom is 0.133 e. The Kier molecular flexibility index (Phi) is 9.92. The Bertz CT molecular complexity index is 1070. The molecule has 3 aliphatic carbocycles. The van der Waals surface area contributed by atoms with E-state index in [0.717, 1.165) is 43.6 Å². The van der Waals surface area contributed by atoms with Crippen molar-refractivity contribution >= 4 is 17.5 Å². The van der Waals surface area contributed by atoms with Crippen molar-refractivity contribution in [3.63, 3.8) is 0 Å². The van der Waals surface area contributed by atoms with Gasteiger partial charge in [0.25, 0.3) is 0 Å². The molecule has 3 nitrogen and oxygen atoms in total. The molecule has 3 aliphatic rings. The number of rotatable bonds is 10. The molecule has 0 radical (unpaired) electrons. The second-order valence-corrected chi connectivity index (χ2v) is 14.1. The molecule has 0 heterocycles. The molecular formula is C35H50O3S. The van der Waals surface area contributed by atoms with Gasteiger partial charge in [0.1, 0.15) is 11.5 Å². The van der Waals surface area contributed by atoms with Gasteiger partial charge in [0.05, 0.1) is 12.2 Å². The summed E-state index contributed by atoms with van der Waals surface area (Å²) < 4.78 is 6.38. The number of aliphatic hydroxyl groups is 1. The first kappa shape index (κ1) is 30.2. The van der Waals surface area contributed by atoms with E-state index in [1.807, 2.05) is 37.8 Å². The van der Waals surface area contributed by atoms with Crippen LogP contribution in [0.3, 0.4) is 0 Å². The van der Waals surface area contributed by atoms with Crippen molar-refractivity contribution in [2.45, 2.75) is 90.9 Å². The molecule has 4 rings (SSSR count). The fraction of sp³-hybridized carbons (Fsp3) is 0.629. The van der Waals surface area contributed by atoms with Crippen molar-refractivity contribution in [3.05, 3.63) is 65.6 Å². The van der Waals surface area contributed by atoms with Crippen LogP contribution in [0.4, 0.5) is 0 Å². The zero-order valence-corrected chi connectivity index (χ0v) is 25.6. The highest BCUT2D eigenvalue weighted by atomic mass is 32.2. The van der Waals surface area contributed by atoms with Crippen molar-refractivity contribution in [3.8, 4) is 5.75 Å². The molecule has 0 spiro atoms. The van der Waals surface area contributed by atoms with E-state index in [0.29, 0.717) is 47.9 Å². The molecule has 3 fully saturated rings. The number of hydrogen-bond donors (Lipinski definition) is 1. The minimum Gasteiger partial charge on any atom is -0.494 e. The topological polar surface area (TPSA) is 46.5 Å². The Hall–Kier alpha value is -1.78. The highest BCUT2D eigenvalue weighted by Gasteiger charge is 2.58. The van der Waals surface area contributed by atoms with Gasteiger partial charge in [-0.15, -0.1) is 11.8 Å². The molecule has 7 unspecified atom stereocenters. The zero-order chi connectivity index (χ0) is 28.2. The van der Waals surface area contributed by atoms with Crippen LogP contribution in [0.1, 0.15) is 85.1 Å². The van der Waals surface area contributed by atoms with Crippen LogP contribution in [-0.2, 0) is 10.5 Å². The number of carbonyl (C=O) groups excluding carboxylic acids is 1. The van der Waals surface area contributed by atoms with Crippen LogP contribution < -0.4 is 4.74 Å².